The lowest BCUT2D eigenvalue weighted by molar-refractivity contribution is 1.55. The Morgan fingerprint density at radius 3 is 1.93 bits per heavy atom. The Balaban J connectivity index is 3.21. The molecular weight excluding hydrogens is 167 g/mol. The summed E-state index contributed by atoms with van der Waals surface area (Å²) >= 11 is 0. The van der Waals surface area contributed by atoms with Crippen LogP contribution in [0.5, 0.6) is 0 Å². The van der Waals surface area contributed by atoms with Crippen LogP contribution in [0.2, 0.25) is 0 Å². The van der Waals surface area contributed by atoms with Crippen molar-refractivity contribution >= 4 is 7.28 Å². The summed E-state index contributed by atoms with van der Waals surface area (Å²) in [5.74, 6) is 0. The molecule has 14 heavy (non-hydrogen) atoms. The molecule has 0 nitrogen and oxygen atoms in total. The smallest absolute Gasteiger partial charge is 0.0996 e. The zero-order valence-electron chi connectivity index (χ0n) is 8.72. The summed E-state index contributed by atoms with van der Waals surface area (Å²) in [5, 5.41) is 0. The van der Waals surface area contributed by atoms with E-state index in [0.29, 0.717) is 0 Å². The first-order valence-corrected chi connectivity index (χ1v) is 4.75. The van der Waals surface area contributed by atoms with Crippen LogP contribution in [0, 0.1) is 0 Å². The highest BCUT2D eigenvalue weighted by Gasteiger charge is 2.17. The van der Waals surface area contributed by atoms with Crippen molar-refractivity contribution in [3.05, 3.63) is 72.2 Å². The van der Waals surface area contributed by atoms with Gasteiger partial charge in [-0.1, -0.05) is 61.1 Å². The topological polar surface area (TPSA) is 0 Å². The molecule has 0 saturated carbocycles. The largest absolute Gasteiger partial charge is 0.193 e. The van der Waals surface area contributed by atoms with Gasteiger partial charge in [-0.25, -0.2) is 0 Å². The van der Waals surface area contributed by atoms with Gasteiger partial charge in [-0.05, 0) is 18.1 Å². The van der Waals surface area contributed by atoms with E-state index < -0.39 is 0 Å². The fourth-order valence-electron chi connectivity index (χ4n) is 1.76. The lowest BCUT2D eigenvalue weighted by Crippen LogP contribution is -1.91. The Hall–Kier alpha value is -1.50. The highest BCUT2D eigenvalue weighted by atomic mass is 14.1. The third-order valence-corrected chi connectivity index (χ3v) is 2.39. The summed E-state index contributed by atoms with van der Waals surface area (Å²) in [4.78, 5) is 0. The zero-order valence-corrected chi connectivity index (χ0v) is 8.72. The molecule has 0 atom stereocenters. The summed E-state index contributed by atoms with van der Waals surface area (Å²) in [7, 11) is 0.941. The van der Waals surface area contributed by atoms with Crippen LogP contribution in [-0.4, -0.2) is 7.28 Å². The third kappa shape index (κ3) is 1.72. The molecule has 0 aromatic heterocycles. The molecule has 0 fully saturated rings. The molecule has 0 unspecified atom stereocenters. The average Bonchev–Trinajstić information content (AvgIpc) is 2.55. The fourth-order valence-corrected chi connectivity index (χ4v) is 1.76. The highest BCUT2D eigenvalue weighted by molar-refractivity contribution is 6.58. The molecule has 1 heterocycles. The normalized spacial score (nSPS) is 16.1. The van der Waals surface area contributed by atoms with Crippen molar-refractivity contribution in [3.8, 4) is 0 Å². The van der Waals surface area contributed by atoms with E-state index in [1.807, 2.05) is 31.2 Å². The molecule has 0 radical (unpaired) electrons. The molecule has 1 heteroatoms. The Bertz CT molecular complexity index is 365. The molecule has 0 N–H and O–H groups in total. The summed E-state index contributed by atoms with van der Waals surface area (Å²) in [6, 6.07) is 0. The second-order valence-electron chi connectivity index (χ2n) is 3.17. The molecule has 1 aliphatic heterocycles. The van der Waals surface area contributed by atoms with Crippen LogP contribution in [0.25, 0.3) is 0 Å². The van der Waals surface area contributed by atoms with Crippen molar-refractivity contribution in [3.63, 3.8) is 0 Å². The molecule has 70 valence electrons. The number of hydrogen-bond acceptors (Lipinski definition) is 0. The fraction of sp³-hybridized carbons (Fsp3) is 0.0769. The van der Waals surface area contributed by atoms with E-state index in [1.165, 1.54) is 22.1 Å². The van der Waals surface area contributed by atoms with Gasteiger partial charge < -0.3 is 0 Å². The Labute approximate surface area is 87.0 Å². The van der Waals surface area contributed by atoms with E-state index in [0.717, 1.165) is 7.28 Å². The first-order chi connectivity index (χ1) is 6.78. The molecule has 0 saturated heterocycles. The maximum atomic E-state index is 3.83. The van der Waals surface area contributed by atoms with E-state index in [2.05, 4.69) is 25.8 Å². The minimum absolute atomic E-state index is 0.941. The van der Waals surface area contributed by atoms with Crippen LogP contribution >= 0.6 is 0 Å². The minimum atomic E-state index is 0.941. The van der Waals surface area contributed by atoms with E-state index in [9.17, 15) is 0 Å². The molecule has 1 aliphatic rings. The van der Waals surface area contributed by atoms with Crippen molar-refractivity contribution < 1.29 is 0 Å². The molecular formula is C13H15B. The van der Waals surface area contributed by atoms with Crippen LogP contribution in [0.4, 0.5) is 0 Å². The molecule has 0 spiro atoms. The maximum absolute atomic E-state index is 3.83. The highest BCUT2D eigenvalue weighted by Crippen LogP contribution is 2.29. The van der Waals surface area contributed by atoms with Gasteiger partial charge in [0.15, 0.2) is 7.28 Å². The second kappa shape index (κ2) is 4.66. The number of allylic oxidation sites excluding steroid dienone is 9. The Morgan fingerprint density at radius 2 is 1.50 bits per heavy atom. The minimum Gasteiger partial charge on any atom is -0.0996 e. The lowest BCUT2D eigenvalue weighted by atomic mass is 9.65. The van der Waals surface area contributed by atoms with Crippen LogP contribution in [0.15, 0.2) is 72.2 Å². The Morgan fingerprint density at radius 1 is 0.929 bits per heavy atom. The maximum Gasteiger partial charge on any atom is 0.193 e. The van der Waals surface area contributed by atoms with Crippen molar-refractivity contribution in [2.24, 2.45) is 0 Å². The van der Waals surface area contributed by atoms with Crippen molar-refractivity contribution in [2.75, 3.05) is 0 Å². The van der Waals surface area contributed by atoms with Gasteiger partial charge >= 0.3 is 0 Å². The van der Waals surface area contributed by atoms with E-state index in [4.69, 9.17) is 0 Å². The number of rotatable bonds is 4. The van der Waals surface area contributed by atoms with Crippen LogP contribution in [-0.2, 0) is 0 Å². The van der Waals surface area contributed by atoms with Crippen LogP contribution < -0.4 is 0 Å². The number of hydrogen-bond donors (Lipinski definition) is 0. The van der Waals surface area contributed by atoms with E-state index in [-0.39, 0.29) is 0 Å². The third-order valence-electron chi connectivity index (χ3n) is 2.39. The quantitative estimate of drug-likeness (QED) is 0.586. The van der Waals surface area contributed by atoms with E-state index >= 15 is 0 Å². The zero-order chi connectivity index (χ0) is 10.6. The van der Waals surface area contributed by atoms with Crippen LogP contribution in [0.3, 0.4) is 0 Å². The Kier molecular flexibility index (Phi) is 3.52. The van der Waals surface area contributed by atoms with Gasteiger partial charge in [-0.15, -0.1) is 0 Å². The van der Waals surface area contributed by atoms with Crippen molar-refractivity contribution in [1.29, 1.82) is 0 Å². The first-order valence-electron chi connectivity index (χ1n) is 4.75. The summed E-state index contributed by atoms with van der Waals surface area (Å²) in [5.41, 5.74) is 4.89. The van der Waals surface area contributed by atoms with E-state index in [1.54, 1.807) is 0 Å². The standard InChI is InChI=1S/C13H15B/c1-5-9-13-11(7-3)10(6-2)12(8-4)14-13/h5-9,14H,2-4H2,1H3/b9-5-. The molecule has 0 aromatic carbocycles. The first kappa shape index (κ1) is 10.6. The predicted octanol–water partition coefficient (Wildman–Crippen LogP) is 3.08. The molecule has 0 aliphatic carbocycles. The van der Waals surface area contributed by atoms with Gasteiger partial charge in [0.25, 0.3) is 0 Å². The van der Waals surface area contributed by atoms with Crippen molar-refractivity contribution in [1.82, 2.24) is 0 Å². The van der Waals surface area contributed by atoms with Gasteiger partial charge in [0.05, 0.1) is 0 Å². The second-order valence-corrected chi connectivity index (χ2v) is 3.17. The van der Waals surface area contributed by atoms with Crippen molar-refractivity contribution in [2.45, 2.75) is 6.92 Å². The summed E-state index contributed by atoms with van der Waals surface area (Å²) in [6.45, 7) is 13.5. The molecule has 1 rings (SSSR count). The molecule has 0 aromatic rings. The summed E-state index contributed by atoms with van der Waals surface area (Å²) < 4.78 is 0. The van der Waals surface area contributed by atoms with Gasteiger partial charge in [0.2, 0.25) is 0 Å². The average molecular weight is 182 g/mol. The van der Waals surface area contributed by atoms with Crippen LogP contribution in [0.1, 0.15) is 6.92 Å². The van der Waals surface area contributed by atoms with Gasteiger partial charge in [-0.3, -0.25) is 0 Å². The SMILES string of the molecule is C=CC1=C(C=C)C(C=C)=C(/C=C\C)B1. The molecule has 0 amide bonds. The van der Waals surface area contributed by atoms with Gasteiger partial charge in [0, 0.05) is 0 Å². The lowest BCUT2D eigenvalue weighted by Gasteiger charge is -2.00. The molecule has 0 bridgehead atoms. The van der Waals surface area contributed by atoms with Gasteiger partial charge in [0.1, 0.15) is 0 Å². The summed E-state index contributed by atoms with van der Waals surface area (Å²) in [6.07, 6.45) is 9.84. The van der Waals surface area contributed by atoms with Gasteiger partial charge in [-0.2, -0.15) is 0 Å². The monoisotopic (exact) mass is 182 g/mol. The predicted molar refractivity (Wildman–Crippen MR) is 66.6 cm³/mol.